The van der Waals surface area contributed by atoms with Crippen molar-refractivity contribution in [2.75, 3.05) is 25.1 Å². The summed E-state index contributed by atoms with van der Waals surface area (Å²) in [5, 5.41) is 11.8. The average molecular weight is 237 g/mol. The summed E-state index contributed by atoms with van der Waals surface area (Å²) in [6, 6.07) is 0. The van der Waals surface area contributed by atoms with Crippen molar-refractivity contribution in [1.82, 2.24) is 9.97 Å². The Kier molecular flexibility index (Phi) is 3.87. The normalized spacial score (nSPS) is 19.2. The van der Waals surface area contributed by atoms with E-state index in [2.05, 4.69) is 15.3 Å². The summed E-state index contributed by atoms with van der Waals surface area (Å²) in [6.45, 7) is 2.42. The zero-order valence-electron chi connectivity index (χ0n) is 9.43. The maximum absolute atomic E-state index is 10.7. The highest BCUT2D eigenvalue weighted by molar-refractivity contribution is 5.85. The molecule has 0 saturated carbocycles. The molecule has 6 heteroatoms. The molecule has 0 amide bonds. The summed E-state index contributed by atoms with van der Waals surface area (Å²) in [7, 11) is 0. The van der Waals surface area contributed by atoms with Crippen LogP contribution in [-0.2, 0) is 4.74 Å². The highest BCUT2D eigenvalue weighted by Gasteiger charge is 2.14. The first kappa shape index (κ1) is 11.8. The molecule has 92 valence electrons. The van der Waals surface area contributed by atoms with Crippen LogP contribution in [0.15, 0.2) is 12.4 Å². The van der Waals surface area contributed by atoms with Crippen molar-refractivity contribution in [3.05, 3.63) is 18.1 Å². The Morgan fingerprint density at radius 1 is 1.59 bits per heavy atom. The summed E-state index contributed by atoms with van der Waals surface area (Å²) < 4.78 is 5.28. The van der Waals surface area contributed by atoms with Crippen LogP contribution in [0.1, 0.15) is 23.3 Å². The highest BCUT2D eigenvalue weighted by atomic mass is 16.5. The van der Waals surface area contributed by atoms with Crippen LogP contribution in [0.2, 0.25) is 0 Å². The van der Waals surface area contributed by atoms with Crippen molar-refractivity contribution in [2.45, 2.75) is 12.8 Å². The van der Waals surface area contributed by atoms with Gasteiger partial charge in [0, 0.05) is 19.8 Å². The van der Waals surface area contributed by atoms with Gasteiger partial charge >= 0.3 is 5.97 Å². The third-order valence-corrected chi connectivity index (χ3v) is 2.74. The van der Waals surface area contributed by atoms with Gasteiger partial charge in [0.15, 0.2) is 5.69 Å². The quantitative estimate of drug-likeness (QED) is 0.795. The predicted molar refractivity (Wildman–Crippen MR) is 61.0 cm³/mol. The van der Waals surface area contributed by atoms with Gasteiger partial charge in [0.1, 0.15) is 5.82 Å². The van der Waals surface area contributed by atoms with E-state index in [1.807, 2.05) is 0 Å². The van der Waals surface area contributed by atoms with Crippen molar-refractivity contribution in [3.63, 3.8) is 0 Å². The SMILES string of the molecule is O=C(O)c1cncc(NCCC2CCOC2)n1. The van der Waals surface area contributed by atoms with Crippen LogP contribution in [0.5, 0.6) is 0 Å². The molecule has 2 heterocycles. The number of carboxylic acid groups (broad SMARTS) is 1. The minimum Gasteiger partial charge on any atom is -0.476 e. The van der Waals surface area contributed by atoms with Gasteiger partial charge in [-0.3, -0.25) is 4.98 Å². The monoisotopic (exact) mass is 237 g/mol. The molecule has 2 rings (SSSR count). The molecule has 1 saturated heterocycles. The Bertz CT molecular complexity index is 391. The fourth-order valence-electron chi connectivity index (χ4n) is 1.77. The molecule has 6 nitrogen and oxygen atoms in total. The molecule has 2 N–H and O–H groups in total. The molecule has 1 fully saturated rings. The van der Waals surface area contributed by atoms with E-state index in [-0.39, 0.29) is 5.69 Å². The lowest BCUT2D eigenvalue weighted by Crippen LogP contribution is -2.11. The van der Waals surface area contributed by atoms with Gasteiger partial charge in [-0.05, 0) is 18.8 Å². The molecule has 1 atom stereocenters. The van der Waals surface area contributed by atoms with Crippen LogP contribution in [-0.4, -0.2) is 40.8 Å². The van der Waals surface area contributed by atoms with Gasteiger partial charge in [-0.1, -0.05) is 0 Å². The Balaban J connectivity index is 1.81. The van der Waals surface area contributed by atoms with Crippen LogP contribution in [0, 0.1) is 5.92 Å². The van der Waals surface area contributed by atoms with Crippen LogP contribution in [0.25, 0.3) is 0 Å². The van der Waals surface area contributed by atoms with E-state index in [0.717, 1.165) is 32.6 Å². The number of aromatic nitrogens is 2. The summed E-state index contributed by atoms with van der Waals surface area (Å²) in [5.74, 6) is 0.0345. The average Bonchev–Trinajstić information content (AvgIpc) is 2.82. The number of carboxylic acids is 1. The summed E-state index contributed by atoms with van der Waals surface area (Å²) >= 11 is 0. The largest absolute Gasteiger partial charge is 0.476 e. The molecule has 0 aromatic carbocycles. The van der Waals surface area contributed by atoms with Crippen LogP contribution in [0.4, 0.5) is 5.82 Å². The van der Waals surface area contributed by atoms with E-state index in [0.29, 0.717) is 11.7 Å². The van der Waals surface area contributed by atoms with Crippen molar-refractivity contribution in [2.24, 2.45) is 5.92 Å². The second-order valence-electron chi connectivity index (χ2n) is 4.04. The third kappa shape index (κ3) is 3.39. The zero-order chi connectivity index (χ0) is 12.1. The number of hydrogen-bond acceptors (Lipinski definition) is 5. The van der Waals surface area contributed by atoms with Crippen LogP contribution in [0.3, 0.4) is 0 Å². The fraction of sp³-hybridized carbons (Fsp3) is 0.545. The van der Waals surface area contributed by atoms with Gasteiger partial charge in [-0.25, -0.2) is 9.78 Å². The minimum atomic E-state index is -1.06. The first-order valence-electron chi connectivity index (χ1n) is 5.62. The molecular weight excluding hydrogens is 222 g/mol. The number of aromatic carboxylic acids is 1. The summed E-state index contributed by atoms with van der Waals surface area (Å²) in [6.07, 6.45) is 4.86. The minimum absolute atomic E-state index is 0.0424. The second kappa shape index (κ2) is 5.58. The smallest absolute Gasteiger partial charge is 0.356 e. The predicted octanol–water partition coefficient (Wildman–Crippen LogP) is 1.01. The third-order valence-electron chi connectivity index (χ3n) is 2.74. The van der Waals surface area contributed by atoms with E-state index >= 15 is 0 Å². The molecule has 0 aliphatic carbocycles. The zero-order valence-corrected chi connectivity index (χ0v) is 9.43. The second-order valence-corrected chi connectivity index (χ2v) is 4.04. The van der Waals surface area contributed by atoms with Crippen molar-refractivity contribution < 1.29 is 14.6 Å². The number of ether oxygens (including phenoxy) is 1. The van der Waals surface area contributed by atoms with E-state index in [9.17, 15) is 4.79 Å². The van der Waals surface area contributed by atoms with Crippen molar-refractivity contribution in [1.29, 1.82) is 0 Å². The molecule has 1 aliphatic rings. The maximum Gasteiger partial charge on any atom is 0.356 e. The maximum atomic E-state index is 10.7. The van der Waals surface area contributed by atoms with Crippen molar-refractivity contribution >= 4 is 11.8 Å². The Labute approximate surface area is 99.0 Å². The van der Waals surface area contributed by atoms with Crippen molar-refractivity contribution in [3.8, 4) is 0 Å². The fourth-order valence-corrected chi connectivity index (χ4v) is 1.77. The molecule has 0 bridgehead atoms. The van der Waals surface area contributed by atoms with Gasteiger partial charge < -0.3 is 15.2 Å². The highest BCUT2D eigenvalue weighted by Crippen LogP contribution is 2.16. The summed E-state index contributed by atoms with van der Waals surface area (Å²) in [4.78, 5) is 18.4. The Morgan fingerprint density at radius 2 is 2.47 bits per heavy atom. The molecular formula is C11H15N3O3. The summed E-state index contributed by atoms with van der Waals surface area (Å²) in [5.41, 5.74) is -0.0424. The van der Waals surface area contributed by atoms with Gasteiger partial charge in [0.2, 0.25) is 0 Å². The number of nitrogens with one attached hydrogen (secondary N) is 1. The lowest BCUT2D eigenvalue weighted by molar-refractivity contribution is 0.0690. The topological polar surface area (TPSA) is 84.3 Å². The molecule has 1 unspecified atom stereocenters. The van der Waals surface area contributed by atoms with E-state index in [4.69, 9.17) is 9.84 Å². The van der Waals surface area contributed by atoms with E-state index < -0.39 is 5.97 Å². The van der Waals surface area contributed by atoms with Crippen LogP contribution >= 0.6 is 0 Å². The number of nitrogens with zero attached hydrogens (tertiary/aromatic N) is 2. The van der Waals surface area contributed by atoms with Gasteiger partial charge in [0.05, 0.1) is 12.4 Å². The standard InChI is InChI=1S/C11H15N3O3/c15-11(16)9-5-12-6-10(14-9)13-3-1-8-2-4-17-7-8/h5-6,8H,1-4,7H2,(H,13,14)(H,15,16). The molecule has 1 aliphatic heterocycles. The number of anilines is 1. The molecule has 0 spiro atoms. The first-order valence-corrected chi connectivity index (χ1v) is 5.62. The van der Waals surface area contributed by atoms with Gasteiger partial charge in [-0.2, -0.15) is 0 Å². The molecule has 1 aromatic heterocycles. The van der Waals surface area contributed by atoms with Gasteiger partial charge in [-0.15, -0.1) is 0 Å². The van der Waals surface area contributed by atoms with Crippen LogP contribution < -0.4 is 5.32 Å². The molecule has 17 heavy (non-hydrogen) atoms. The van der Waals surface area contributed by atoms with Gasteiger partial charge in [0.25, 0.3) is 0 Å². The first-order chi connectivity index (χ1) is 8.25. The van der Waals surface area contributed by atoms with E-state index in [1.165, 1.54) is 12.4 Å². The lowest BCUT2D eigenvalue weighted by Gasteiger charge is -2.08. The van der Waals surface area contributed by atoms with E-state index in [1.54, 1.807) is 0 Å². The Morgan fingerprint density at radius 3 is 3.18 bits per heavy atom. The number of hydrogen-bond donors (Lipinski definition) is 2. The number of rotatable bonds is 5. The molecule has 1 aromatic rings. The lowest BCUT2D eigenvalue weighted by atomic mass is 10.1. The Hall–Kier alpha value is -1.69. The number of carbonyl (C=O) groups is 1. The molecule has 0 radical (unpaired) electrons.